The Morgan fingerprint density at radius 3 is 1.08 bits per heavy atom. The van der Waals surface area contributed by atoms with Gasteiger partial charge in [0, 0.05) is 0 Å². The van der Waals surface area contributed by atoms with Crippen molar-refractivity contribution in [2.24, 2.45) is 0 Å². The number of rotatable bonds is 6. The predicted molar refractivity (Wildman–Crippen MR) is 120 cm³/mol. The fraction of sp³-hybridized carbons (Fsp3) is 0.182. The minimum absolute atomic E-state index is 0.242. The highest BCUT2D eigenvalue weighted by molar-refractivity contribution is 7.93. The third-order valence-corrected chi connectivity index (χ3v) is 7.87. The molecule has 0 amide bonds. The largest absolute Gasteiger partial charge is 0.416 e. The summed E-state index contributed by atoms with van der Waals surface area (Å²) in [6.45, 7) is 3.22. The lowest BCUT2D eigenvalue weighted by molar-refractivity contribution is -0.138. The molecule has 0 atom stereocenters. The van der Waals surface area contributed by atoms with Gasteiger partial charge in [-0.1, -0.05) is 0 Å². The zero-order valence-electron chi connectivity index (χ0n) is 18.5. The molecule has 0 aliphatic heterocycles. The molecule has 3 rings (SSSR count). The van der Waals surface area contributed by atoms with E-state index in [9.17, 15) is 43.2 Å². The van der Waals surface area contributed by atoms with Gasteiger partial charge in [-0.3, -0.25) is 9.44 Å². The number of sulfonamides is 2. The van der Waals surface area contributed by atoms with Crippen molar-refractivity contribution in [2.45, 2.75) is 36.0 Å². The molecule has 194 valence electrons. The standard InChI is InChI=1S/C22H18F6N2O4S2/c1-13-11-19(29-35(31,32)17-7-3-15(4-8-17)21(23,24)25)20(12-14(13)2)30-36(33,34)18-9-5-16(6-10-18)22(26,27)28/h3-12,29-30H,1-2H3. The smallest absolute Gasteiger partial charge is 0.277 e. The van der Waals surface area contributed by atoms with Gasteiger partial charge in [0.1, 0.15) is 0 Å². The normalized spacial score (nSPS) is 12.9. The molecule has 0 bridgehead atoms. The Hall–Kier alpha value is -3.26. The monoisotopic (exact) mass is 552 g/mol. The first-order valence-electron chi connectivity index (χ1n) is 9.91. The Morgan fingerprint density at radius 2 is 0.833 bits per heavy atom. The van der Waals surface area contributed by atoms with Crippen LogP contribution >= 0.6 is 0 Å². The van der Waals surface area contributed by atoms with Gasteiger partial charge in [0.05, 0.1) is 32.3 Å². The number of halogens is 6. The predicted octanol–water partition coefficient (Wildman–Crippen LogP) is 5.94. The van der Waals surface area contributed by atoms with Crippen LogP contribution in [0.2, 0.25) is 0 Å². The van der Waals surface area contributed by atoms with Gasteiger partial charge in [0.15, 0.2) is 0 Å². The minimum atomic E-state index is -4.67. The Labute approximate surface area is 203 Å². The van der Waals surface area contributed by atoms with Crippen molar-refractivity contribution in [3.8, 4) is 0 Å². The molecule has 6 nitrogen and oxygen atoms in total. The molecule has 0 unspecified atom stereocenters. The summed E-state index contributed by atoms with van der Waals surface area (Å²) in [5.74, 6) is 0. The third-order valence-electron chi connectivity index (χ3n) is 5.11. The topological polar surface area (TPSA) is 92.3 Å². The summed E-state index contributed by atoms with van der Waals surface area (Å²) in [7, 11) is -8.89. The Bertz CT molecular complexity index is 1370. The van der Waals surface area contributed by atoms with E-state index < -0.39 is 53.3 Å². The number of alkyl halides is 6. The highest BCUT2D eigenvalue weighted by Gasteiger charge is 2.32. The highest BCUT2D eigenvalue weighted by atomic mass is 32.2. The van der Waals surface area contributed by atoms with Crippen molar-refractivity contribution < 1.29 is 43.2 Å². The second-order valence-corrected chi connectivity index (χ2v) is 11.1. The van der Waals surface area contributed by atoms with Gasteiger partial charge in [-0.2, -0.15) is 26.3 Å². The van der Waals surface area contributed by atoms with Crippen LogP contribution in [-0.2, 0) is 32.4 Å². The van der Waals surface area contributed by atoms with Crippen molar-refractivity contribution in [1.29, 1.82) is 0 Å². The van der Waals surface area contributed by atoms with E-state index in [1.165, 1.54) is 12.1 Å². The highest BCUT2D eigenvalue weighted by Crippen LogP contribution is 2.33. The van der Waals surface area contributed by atoms with Gasteiger partial charge in [0.25, 0.3) is 20.0 Å². The molecule has 3 aromatic carbocycles. The lowest BCUT2D eigenvalue weighted by Gasteiger charge is -2.17. The summed E-state index contributed by atoms with van der Waals surface area (Å²) < 4.78 is 132. The van der Waals surface area contributed by atoms with Gasteiger partial charge in [0.2, 0.25) is 0 Å². The maximum Gasteiger partial charge on any atom is 0.416 e. The van der Waals surface area contributed by atoms with Gasteiger partial charge in [-0.25, -0.2) is 16.8 Å². The van der Waals surface area contributed by atoms with E-state index in [1.54, 1.807) is 13.8 Å². The quantitative estimate of drug-likeness (QED) is 0.370. The lowest BCUT2D eigenvalue weighted by Crippen LogP contribution is -2.18. The van der Waals surface area contributed by atoms with Crippen LogP contribution in [0.5, 0.6) is 0 Å². The molecule has 0 spiro atoms. The van der Waals surface area contributed by atoms with E-state index in [0.29, 0.717) is 35.4 Å². The van der Waals surface area contributed by atoms with E-state index in [2.05, 4.69) is 9.44 Å². The van der Waals surface area contributed by atoms with E-state index in [0.717, 1.165) is 24.3 Å². The molecule has 36 heavy (non-hydrogen) atoms. The molecule has 0 radical (unpaired) electrons. The van der Waals surface area contributed by atoms with Crippen molar-refractivity contribution >= 4 is 31.4 Å². The molecular formula is C22H18F6N2O4S2. The van der Waals surface area contributed by atoms with Crippen LogP contribution in [0.25, 0.3) is 0 Å². The number of aryl methyl sites for hydroxylation is 2. The number of hydrogen-bond donors (Lipinski definition) is 2. The Balaban J connectivity index is 1.96. The minimum Gasteiger partial charge on any atom is -0.277 e. The average molecular weight is 553 g/mol. The molecule has 0 heterocycles. The lowest BCUT2D eigenvalue weighted by atomic mass is 10.1. The van der Waals surface area contributed by atoms with Crippen molar-refractivity contribution in [1.82, 2.24) is 0 Å². The van der Waals surface area contributed by atoms with Gasteiger partial charge in [-0.05, 0) is 85.6 Å². The molecule has 0 saturated heterocycles. The second-order valence-electron chi connectivity index (χ2n) is 7.74. The molecule has 0 aliphatic rings. The Morgan fingerprint density at radius 1 is 0.556 bits per heavy atom. The molecule has 2 N–H and O–H groups in total. The second kappa shape index (κ2) is 9.32. The van der Waals surface area contributed by atoms with Crippen LogP contribution in [0.15, 0.2) is 70.5 Å². The summed E-state index contributed by atoms with van der Waals surface area (Å²) in [5, 5.41) is 0. The van der Waals surface area contributed by atoms with E-state index >= 15 is 0 Å². The first kappa shape index (κ1) is 27.3. The van der Waals surface area contributed by atoms with Crippen LogP contribution in [0.3, 0.4) is 0 Å². The van der Waals surface area contributed by atoms with Crippen LogP contribution in [0, 0.1) is 13.8 Å². The molecule has 3 aromatic rings. The maximum atomic E-state index is 12.8. The van der Waals surface area contributed by atoms with Crippen LogP contribution < -0.4 is 9.44 Å². The zero-order valence-corrected chi connectivity index (χ0v) is 20.1. The molecule has 0 saturated carbocycles. The van der Waals surface area contributed by atoms with Gasteiger partial charge >= 0.3 is 12.4 Å². The molecule has 0 aliphatic carbocycles. The number of benzene rings is 3. The van der Waals surface area contributed by atoms with Crippen molar-refractivity contribution in [3.05, 3.63) is 82.9 Å². The molecule has 0 aromatic heterocycles. The number of anilines is 2. The van der Waals surface area contributed by atoms with E-state index in [-0.39, 0.29) is 11.4 Å². The fourth-order valence-corrected chi connectivity index (χ4v) is 5.18. The van der Waals surface area contributed by atoms with Crippen molar-refractivity contribution in [2.75, 3.05) is 9.44 Å². The summed E-state index contributed by atoms with van der Waals surface area (Å²) in [4.78, 5) is -1.02. The first-order chi connectivity index (χ1) is 16.4. The molecular weight excluding hydrogens is 534 g/mol. The maximum absolute atomic E-state index is 12.8. The number of nitrogens with one attached hydrogen (secondary N) is 2. The summed E-state index contributed by atoms with van der Waals surface area (Å²) in [5.41, 5.74) is -1.49. The summed E-state index contributed by atoms with van der Waals surface area (Å²) in [6, 6.07) is 7.95. The van der Waals surface area contributed by atoms with Gasteiger partial charge in [-0.15, -0.1) is 0 Å². The third kappa shape index (κ3) is 6.10. The molecule has 0 fully saturated rings. The fourth-order valence-electron chi connectivity index (χ4n) is 3.04. The number of hydrogen-bond acceptors (Lipinski definition) is 4. The van der Waals surface area contributed by atoms with Crippen LogP contribution in [0.4, 0.5) is 37.7 Å². The van der Waals surface area contributed by atoms with Crippen LogP contribution in [0.1, 0.15) is 22.3 Å². The zero-order chi connectivity index (χ0) is 27.1. The van der Waals surface area contributed by atoms with Gasteiger partial charge < -0.3 is 0 Å². The average Bonchev–Trinajstić information content (AvgIpc) is 2.76. The van der Waals surface area contributed by atoms with E-state index in [1.807, 2.05) is 0 Å². The Kier molecular flexibility index (Phi) is 7.07. The summed E-state index contributed by atoms with van der Waals surface area (Å²) in [6.07, 6.45) is -9.35. The SMILES string of the molecule is Cc1cc(NS(=O)(=O)c2ccc(C(F)(F)F)cc2)c(NS(=O)(=O)c2ccc(C(F)(F)F)cc2)cc1C. The molecule has 14 heteroatoms. The summed E-state index contributed by atoms with van der Waals surface area (Å²) >= 11 is 0. The van der Waals surface area contributed by atoms with Crippen LogP contribution in [-0.4, -0.2) is 16.8 Å². The van der Waals surface area contributed by atoms with E-state index in [4.69, 9.17) is 0 Å². The first-order valence-corrected chi connectivity index (χ1v) is 12.9. The van der Waals surface area contributed by atoms with Crippen molar-refractivity contribution in [3.63, 3.8) is 0 Å².